The molecule has 11 heteroatoms. The number of thioether (sulfide) groups is 2. The summed E-state index contributed by atoms with van der Waals surface area (Å²) in [6.07, 6.45) is 1.11. The summed E-state index contributed by atoms with van der Waals surface area (Å²) < 4.78 is 16.7. The number of hydrogen-bond acceptors (Lipinski definition) is 9. The van der Waals surface area contributed by atoms with Crippen molar-refractivity contribution in [2.75, 3.05) is 31.5 Å². The van der Waals surface area contributed by atoms with Crippen molar-refractivity contribution in [1.82, 2.24) is 9.55 Å². The number of H-pyrrole nitrogens is 1. The Morgan fingerprint density at radius 3 is 2.59 bits per heavy atom. The first-order chi connectivity index (χ1) is 12.8. The lowest BCUT2D eigenvalue weighted by Crippen LogP contribution is -2.33. The molecule has 9 nitrogen and oxygen atoms in total. The molecule has 0 radical (unpaired) electrons. The molecule has 1 fully saturated rings. The standard InChI is InChI=1S/C16H22N2O7S2/c1-9-5-18(16(22)17-15(9)21)12-4-11(27-8-14(20)24-3)10(25-12)6-26-7-13(19)23-2/h5,10-12H,4,6-8H2,1-3H3,(H,17,21,22)/t10-,11-,12-/m1/s1. The summed E-state index contributed by atoms with van der Waals surface area (Å²) in [6.45, 7) is 1.61. The Bertz CT molecular complexity index is 792. The van der Waals surface area contributed by atoms with Crippen molar-refractivity contribution in [2.45, 2.75) is 30.9 Å². The van der Waals surface area contributed by atoms with E-state index in [4.69, 9.17) is 4.74 Å². The Morgan fingerprint density at radius 2 is 1.93 bits per heavy atom. The van der Waals surface area contributed by atoms with Gasteiger partial charge in [-0.25, -0.2) is 4.79 Å². The number of hydrogen-bond donors (Lipinski definition) is 1. The molecular formula is C16H22N2O7S2. The fourth-order valence-corrected chi connectivity index (χ4v) is 4.76. The van der Waals surface area contributed by atoms with Gasteiger partial charge < -0.3 is 14.2 Å². The van der Waals surface area contributed by atoms with Crippen LogP contribution in [0.2, 0.25) is 0 Å². The van der Waals surface area contributed by atoms with Crippen LogP contribution in [0.4, 0.5) is 0 Å². The van der Waals surface area contributed by atoms with Gasteiger partial charge in [-0.05, 0) is 6.92 Å². The van der Waals surface area contributed by atoms with Crippen LogP contribution in [-0.4, -0.2) is 64.3 Å². The molecule has 0 spiro atoms. The summed E-state index contributed by atoms with van der Waals surface area (Å²) in [5.41, 5.74) is -0.577. The molecule has 0 aliphatic carbocycles. The highest BCUT2D eigenvalue weighted by atomic mass is 32.2. The van der Waals surface area contributed by atoms with Crippen LogP contribution in [0, 0.1) is 6.92 Å². The van der Waals surface area contributed by atoms with Gasteiger partial charge in [-0.3, -0.25) is 23.9 Å². The van der Waals surface area contributed by atoms with Crippen LogP contribution >= 0.6 is 23.5 Å². The highest BCUT2D eigenvalue weighted by molar-refractivity contribution is 8.01. The zero-order chi connectivity index (χ0) is 20.0. The molecule has 27 heavy (non-hydrogen) atoms. The van der Waals surface area contributed by atoms with Crippen LogP contribution < -0.4 is 11.2 Å². The number of nitrogens with one attached hydrogen (secondary N) is 1. The number of esters is 2. The molecule has 1 aromatic rings. The second kappa shape index (κ2) is 10.00. The minimum Gasteiger partial charge on any atom is -0.468 e. The lowest BCUT2D eigenvalue weighted by molar-refractivity contribution is -0.138. The predicted molar refractivity (Wildman–Crippen MR) is 102 cm³/mol. The molecule has 1 aliphatic heterocycles. The van der Waals surface area contributed by atoms with Crippen molar-refractivity contribution in [1.29, 1.82) is 0 Å². The molecule has 1 aromatic heterocycles. The minimum absolute atomic E-state index is 0.0709. The zero-order valence-electron chi connectivity index (χ0n) is 15.3. The number of rotatable bonds is 8. The molecular weight excluding hydrogens is 396 g/mol. The number of aryl methyl sites for hydroxylation is 1. The summed E-state index contributed by atoms with van der Waals surface area (Å²) in [7, 11) is 2.65. The maximum absolute atomic E-state index is 12.1. The normalized spacial score (nSPS) is 21.8. The Labute approximate surface area is 164 Å². The highest BCUT2D eigenvalue weighted by Gasteiger charge is 2.37. The van der Waals surface area contributed by atoms with E-state index < -0.39 is 17.5 Å². The summed E-state index contributed by atoms with van der Waals surface area (Å²) in [5.74, 6) is 0.172. The molecule has 1 saturated heterocycles. The molecule has 0 unspecified atom stereocenters. The molecule has 0 bridgehead atoms. The van der Waals surface area contributed by atoms with E-state index in [1.807, 2.05) is 0 Å². The third kappa shape index (κ3) is 5.88. The fourth-order valence-electron chi connectivity index (χ4n) is 2.55. The lowest BCUT2D eigenvalue weighted by Gasteiger charge is -2.17. The second-order valence-electron chi connectivity index (χ2n) is 5.86. The smallest absolute Gasteiger partial charge is 0.330 e. The summed E-state index contributed by atoms with van der Waals surface area (Å²) in [4.78, 5) is 48.7. The van der Waals surface area contributed by atoms with E-state index in [-0.39, 0.29) is 34.8 Å². The van der Waals surface area contributed by atoms with Crippen LogP contribution in [0.1, 0.15) is 18.2 Å². The molecule has 3 atom stereocenters. The molecule has 150 valence electrons. The van der Waals surface area contributed by atoms with Gasteiger partial charge in [0.05, 0.1) is 31.8 Å². The monoisotopic (exact) mass is 418 g/mol. The Morgan fingerprint density at radius 1 is 1.26 bits per heavy atom. The second-order valence-corrected chi connectivity index (χ2v) is 8.12. The zero-order valence-corrected chi connectivity index (χ0v) is 16.9. The maximum atomic E-state index is 12.1. The summed E-state index contributed by atoms with van der Waals surface area (Å²) in [5, 5.41) is -0.0709. The Hall–Kier alpha value is -1.72. The Balaban J connectivity index is 2.11. The molecule has 1 aliphatic rings. The van der Waals surface area contributed by atoms with Gasteiger partial charge in [-0.1, -0.05) is 0 Å². The van der Waals surface area contributed by atoms with Gasteiger partial charge in [0.1, 0.15) is 6.23 Å². The third-order valence-electron chi connectivity index (χ3n) is 4.01. The first-order valence-corrected chi connectivity index (χ1v) is 10.4. The number of carbonyl (C=O) groups is 2. The van der Waals surface area contributed by atoms with Crippen LogP contribution in [0.5, 0.6) is 0 Å². The van der Waals surface area contributed by atoms with Crippen LogP contribution in [-0.2, 0) is 23.8 Å². The maximum Gasteiger partial charge on any atom is 0.330 e. The molecule has 2 rings (SSSR count). The van der Waals surface area contributed by atoms with Crippen LogP contribution in [0.15, 0.2) is 15.8 Å². The van der Waals surface area contributed by atoms with Gasteiger partial charge in [0.25, 0.3) is 5.56 Å². The van der Waals surface area contributed by atoms with Crippen molar-refractivity contribution in [3.05, 3.63) is 32.6 Å². The van der Waals surface area contributed by atoms with Gasteiger partial charge >= 0.3 is 17.6 Å². The summed E-state index contributed by atoms with van der Waals surface area (Å²) >= 11 is 2.74. The fraction of sp³-hybridized carbons (Fsp3) is 0.625. The van der Waals surface area contributed by atoms with Crippen molar-refractivity contribution in [3.63, 3.8) is 0 Å². The topological polar surface area (TPSA) is 117 Å². The number of aromatic nitrogens is 2. The van der Waals surface area contributed by atoms with Gasteiger partial charge in [0.2, 0.25) is 0 Å². The predicted octanol–water partition coefficient (Wildman–Crippen LogP) is 0.314. The van der Waals surface area contributed by atoms with E-state index in [1.54, 1.807) is 6.92 Å². The number of carbonyl (C=O) groups excluding carboxylic acids is 2. The number of nitrogens with zero attached hydrogens (tertiary/aromatic N) is 1. The molecule has 0 saturated carbocycles. The first-order valence-electron chi connectivity index (χ1n) is 8.16. The van der Waals surface area contributed by atoms with Crippen molar-refractivity contribution in [2.24, 2.45) is 0 Å². The lowest BCUT2D eigenvalue weighted by atomic mass is 10.2. The first kappa shape index (κ1) is 21.6. The van der Waals surface area contributed by atoms with Crippen LogP contribution in [0.3, 0.4) is 0 Å². The average Bonchev–Trinajstić information content (AvgIpc) is 3.05. The number of aromatic amines is 1. The van der Waals surface area contributed by atoms with Crippen molar-refractivity contribution in [3.8, 4) is 0 Å². The van der Waals surface area contributed by atoms with Gasteiger partial charge in [0.15, 0.2) is 0 Å². The Kier molecular flexibility index (Phi) is 7.99. The van der Waals surface area contributed by atoms with E-state index in [0.717, 1.165) is 0 Å². The van der Waals surface area contributed by atoms with Gasteiger partial charge in [-0.15, -0.1) is 23.5 Å². The van der Waals surface area contributed by atoms with E-state index >= 15 is 0 Å². The van der Waals surface area contributed by atoms with E-state index in [9.17, 15) is 19.2 Å². The molecule has 0 amide bonds. The minimum atomic E-state index is -0.563. The van der Waals surface area contributed by atoms with Crippen molar-refractivity contribution >= 4 is 35.5 Å². The summed E-state index contributed by atoms with van der Waals surface area (Å²) in [6, 6.07) is 0. The van der Waals surface area contributed by atoms with E-state index in [1.165, 1.54) is 48.5 Å². The molecule has 2 heterocycles. The third-order valence-corrected chi connectivity index (χ3v) is 6.34. The van der Waals surface area contributed by atoms with Crippen LogP contribution in [0.25, 0.3) is 0 Å². The average molecular weight is 418 g/mol. The number of ether oxygens (including phenoxy) is 3. The highest BCUT2D eigenvalue weighted by Crippen LogP contribution is 2.37. The molecule has 1 N–H and O–H groups in total. The van der Waals surface area contributed by atoms with Gasteiger partial charge in [-0.2, -0.15) is 0 Å². The van der Waals surface area contributed by atoms with Crippen molar-refractivity contribution < 1.29 is 23.8 Å². The van der Waals surface area contributed by atoms with E-state index in [0.29, 0.717) is 17.7 Å². The SMILES string of the molecule is COC(=O)CSC[C@H]1O[C@@H](n2cc(C)c(=O)[nH]c2=O)C[C@H]1SCC(=O)OC. The quantitative estimate of drug-likeness (QED) is 0.595. The largest absolute Gasteiger partial charge is 0.468 e. The van der Waals surface area contributed by atoms with Gasteiger partial charge in [0, 0.05) is 29.2 Å². The number of methoxy groups -OCH3 is 2. The van der Waals surface area contributed by atoms with E-state index in [2.05, 4.69) is 14.5 Å². The molecule has 0 aromatic carbocycles.